The fraction of sp³-hybridized carbons (Fsp3) is 0.619. The molecule has 0 aromatic heterocycles. The van der Waals surface area contributed by atoms with Gasteiger partial charge in [0.1, 0.15) is 0 Å². The van der Waals surface area contributed by atoms with Crippen molar-refractivity contribution in [3.63, 3.8) is 0 Å². The summed E-state index contributed by atoms with van der Waals surface area (Å²) in [6.07, 6.45) is 7.91. The molecule has 0 spiro atoms. The maximum atomic E-state index is 12.0. The Morgan fingerprint density at radius 1 is 1.27 bits per heavy atom. The minimum atomic E-state index is -0.513. The van der Waals surface area contributed by atoms with Gasteiger partial charge >= 0.3 is 6.09 Å². The Morgan fingerprint density at radius 3 is 2.62 bits per heavy atom. The lowest BCUT2D eigenvalue weighted by molar-refractivity contribution is 0.165. The number of carbonyl (C=O) groups is 1. The average molecular weight is 375 g/mol. The van der Waals surface area contributed by atoms with E-state index in [2.05, 4.69) is 36.1 Å². The normalized spacial score (nSPS) is 19.7. The van der Waals surface area contributed by atoms with Gasteiger partial charge in [-0.25, -0.2) is 4.79 Å². The molecule has 3 rings (SSSR count). The van der Waals surface area contributed by atoms with E-state index in [1.807, 2.05) is 30.3 Å². The summed E-state index contributed by atoms with van der Waals surface area (Å²) in [5.41, 5.74) is 1.80. The van der Waals surface area contributed by atoms with Crippen molar-refractivity contribution in [2.24, 2.45) is 17.0 Å². The summed E-state index contributed by atoms with van der Waals surface area (Å²) in [4.78, 5) is 17.2. The van der Waals surface area contributed by atoms with E-state index in [-0.39, 0.29) is 4.75 Å². The van der Waals surface area contributed by atoms with Gasteiger partial charge in [-0.1, -0.05) is 36.7 Å². The number of rotatable bonds is 10. The topological polar surface area (TPSA) is 50.7 Å². The van der Waals surface area contributed by atoms with Gasteiger partial charge in [0.2, 0.25) is 0 Å². The van der Waals surface area contributed by atoms with Crippen molar-refractivity contribution in [3.05, 3.63) is 30.3 Å². The third-order valence-corrected chi connectivity index (χ3v) is 6.85. The number of hydrogen-bond acceptors (Lipinski definition) is 4. The molecule has 1 aromatic carbocycles. The highest BCUT2D eigenvalue weighted by molar-refractivity contribution is 8.00. The molecule has 1 amide bonds. The summed E-state index contributed by atoms with van der Waals surface area (Å²) in [6, 6.07) is 9.34. The van der Waals surface area contributed by atoms with Gasteiger partial charge in [-0.3, -0.25) is 10.2 Å². The summed E-state index contributed by atoms with van der Waals surface area (Å²) in [6.45, 7) is 4.62. The minimum absolute atomic E-state index is 0.232. The predicted octanol–water partition coefficient (Wildman–Crippen LogP) is 6.09. The van der Waals surface area contributed by atoms with Gasteiger partial charge in [-0.15, -0.1) is 0 Å². The average Bonchev–Trinajstić information content (AvgIpc) is 3.51. The Labute approximate surface area is 161 Å². The van der Waals surface area contributed by atoms with E-state index in [1.165, 1.54) is 44.3 Å². The van der Waals surface area contributed by atoms with E-state index in [0.717, 1.165) is 23.7 Å². The molecule has 1 N–H and O–H groups in total. The van der Waals surface area contributed by atoms with Crippen molar-refractivity contribution in [3.8, 4) is 0 Å². The number of thioether (sulfide) groups is 1. The van der Waals surface area contributed by atoms with Crippen molar-refractivity contribution in [2.75, 3.05) is 11.1 Å². The number of para-hydroxylation sites is 1. The molecule has 2 aliphatic carbocycles. The van der Waals surface area contributed by atoms with Gasteiger partial charge in [-0.05, 0) is 62.8 Å². The summed E-state index contributed by atoms with van der Waals surface area (Å²) in [5, 5.41) is 7.02. The van der Waals surface area contributed by atoms with Gasteiger partial charge in [-0.2, -0.15) is 11.8 Å². The van der Waals surface area contributed by atoms with E-state index in [9.17, 15) is 4.79 Å². The van der Waals surface area contributed by atoms with Crippen LogP contribution in [0.1, 0.15) is 58.8 Å². The summed E-state index contributed by atoms with van der Waals surface area (Å²) in [5.74, 6) is 2.49. The maximum absolute atomic E-state index is 12.0. The third-order valence-electron chi connectivity index (χ3n) is 5.22. The van der Waals surface area contributed by atoms with Gasteiger partial charge in [0.15, 0.2) is 0 Å². The second kappa shape index (κ2) is 8.94. The second-order valence-corrected chi connectivity index (χ2v) is 9.32. The first-order valence-electron chi connectivity index (χ1n) is 9.84. The van der Waals surface area contributed by atoms with Crippen LogP contribution < -0.4 is 5.32 Å². The standard InChI is InChI=1S/C21H30N2O2S/c1-3-4-14-26-21(2,17-12-13-17)15-19(16-10-11-16)23-25-20(24)22-18-8-6-5-7-9-18/h5-9,16-17H,3-4,10-15H2,1-2H3,(H,22,24)/b23-19-. The van der Waals surface area contributed by atoms with Crippen LogP contribution in [-0.4, -0.2) is 22.3 Å². The van der Waals surface area contributed by atoms with Crippen LogP contribution in [0.3, 0.4) is 0 Å². The fourth-order valence-corrected chi connectivity index (χ4v) is 4.87. The zero-order valence-corrected chi connectivity index (χ0v) is 16.7. The molecule has 0 aliphatic heterocycles. The molecule has 2 fully saturated rings. The van der Waals surface area contributed by atoms with Crippen LogP contribution in [0.5, 0.6) is 0 Å². The van der Waals surface area contributed by atoms with Gasteiger partial charge in [0.05, 0.1) is 5.71 Å². The molecule has 26 heavy (non-hydrogen) atoms. The van der Waals surface area contributed by atoms with Crippen LogP contribution in [0, 0.1) is 11.8 Å². The Bertz CT molecular complexity index is 626. The number of carbonyl (C=O) groups excluding carboxylic acids is 1. The van der Waals surface area contributed by atoms with E-state index < -0.39 is 6.09 Å². The first-order chi connectivity index (χ1) is 12.6. The molecular formula is C21H30N2O2S. The number of nitrogens with zero attached hydrogens (tertiary/aromatic N) is 1. The summed E-state index contributed by atoms with van der Waals surface area (Å²) >= 11 is 2.09. The first-order valence-corrected chi connectivity index (χ1v) is 10.8. The van der Waals surface area contributed by atoms with Crippen molar-refractivity contribution in [2.45, 2.75) is 63.5 Å². The zero-order chi connectivity index (χ0) is 18.4. The van der Waals surface area contributed by atoms with Gasteiger partial charge in [0.25, 0.3) is 0 Å². The van der Waals surface area contributed by atoms with Crippen LogP contribution in [0.2, 0.25) is 0 Å². The van der Waals surface area contributed by atoms with Crippen molar-refractivity contribution in [1.29, 1.82) is 0 Å². The van der Waals surface area contributed by atoms with Crippen LogP contribution in [0.4, 0.5) is 10.5 Å². The van der Waals surface area contributed by atoms with E-state index >= 15 is 0 Å². The molecule has 4 nitrogen and oxygen atoms in total. The number of amides is 1. The summed E-state index contributed by atoms with van der Waals surface area (Å²) < 4.78 is 0.232. The van der Waals surface area contributed by atoms with Crippen LogP contribution >= 0.6 is 11.8 Å². The Balaban J connectivity index is 1.58. The van der Waals surface area contributed by atoms with Crippen LogP contribution in [0.25, 0.3) is 0 Å². The molecule has 1 atom stereocenters. The smallest absolute Gasteiger partial charge is 0.298 e. The predicted molar refractivity (Wildman–Crippen MR) is 110 cm³/mol. The molecule has 1 unspecified atom stereocenters. The van der Waals surface area contributed by atoms with E-state index in [1.54, 1.807) is 0 Å². The number of hydrogen-bond donors (Lipinski definition) is 1. The SMILES string of the molecule is CCCCSC(C)(C/C(=N/OC(=O)Nc1ccccc1)C1CC1)C1CC1. The highest BCUT2D eigenvalue weighted by Crippen LogP contribution is 2.51. The van der Waals surface area contributed by atoms with Crippen molar-refractivity contribution in [1.82, 2.24) is 0 Å². The fourth-order valence-electron chi connectivity index (χ4n) is 3.25. The van der Waals surface area contributed by atoms with Crippen LogP contribution in [-0.2, 0) is 4.84 Å². The molecule has 0 bridgehead atoms. The van der Waals surface area contributed by atoms with E-state index in [0.29, 0.717) is 5.92 Å². The Kier molecular flexibility index (Phi) is 6.63. The molecular weight excluding hydrogens is 344 g/mol. The molecule has 2 saturated carbocycles. The van der Waals surface area contributed by atoms with Crippen LogP contribution in [0.15, 0.2) is 35.5 Å². The number of nitrogens with one attached hydrogen (secondary N) is 1. The quantitative estimate of drug-likeness (QED) is 0.233. The monoisotopic (exact) mass is 374 g/mol. The number of anilines is 1. The molecule has 5 heteroatoms. The molecule has 142 valence electrons. The lowest BCUT2D eigenvalue weighted by Gasteiger charge is -2.29. The maximum Gasteiger partial charge on any atom is 0.437 e. The second-order valence-electron chi connectivity index (χ2n) is 7.69. The molecule has 2 aliphatic rings. The van der Waals surface area contributed by atoms with Gasteiger partial charge in [0, 0.05) is 22.8 Å². The molecule has 0 heterocycles. The molecule has 0 radical (unpaired) electrons. The Hall–Kier alpha value is -1.49. The number of unbranched alkanes of at least 4 members (excludes halogenated alkanes) is 1. The highest BCUT2D eigenvalue weighted by atomic mass is 32.2. The lowest BCUT2D eigenvalue weighted by atomic mass is 9.96. The molecule has 0 saturated heterocycles. The summed E-state index contributed by atoms with van der Waals surface area (Å²) in [7, 11) is 0. The lowest BCUT2D eigenvalue weighted by Crippen LogP contribution is -2.29. The number of benzene rings is 1. The first kappa shape index (κ1) is 19.3. The largest absolute Gasteiger partial charge is 0.437 e. The van der Waals surface area contributed by atoms with Crippen molar-refractivity contribution >= 4 is 29.3 Å². The van der Waals surface area contributed by atoms with Gasteiger partial charge < -0.3 is 0 Å². The molecule has 1 aromatic rings. The van der Waals surface area contributed by atoms with Crippen molar-refractivity contribution < 1.29 is 9.63 Å². The number of oxime groups is 1. The zero-order valence-electron chi connectivity index (χ0n) is 15.9. The minimum Gasteiger partial charge on any atom is -0.298 e. The van der Waals surface area contributed by atoms with E-state index in [4.69, 9.17) is 4.84 Å². The third kappa shape index (κ3) is 5.76. The highest BCUT2D eigenvalue weighted by Gasteiger charge is 2.44. The Morgan fingerprint density at radius 2 is 2.00 bits per heavy atom.